The maximum absolute atomic E-state index is 11.1. The van der Waals surface area contributed by atoms with Crippen molar-refractivity contribution >= 4 is 26.5 Å². The minimum atomic E-state index is -3.11. The molecule has 0 radical (unpaired) electrons. The van der Waals surface area contributed by atoms with Gasteiger partial charge in [-0.1, -0.05) is 5.16 Å². The van der Waals surface area contributed by atoms with Crippen molar-refractivity contribution in [3.63, 3.8) is 0 Å². The molecule has 2 rings (SSSR count). The van der Waals surface area contributed by atoms with Crippen LogP contribution in [-0.4, -0.2) is 30.5 Å². The second kappa shape index (κ2) is 4.37. The Morgan fingerprint density at radius 1 is 1.44 bits per heavy atom. The highest BCUT2D eigenvalue weighted by molar-refractivity contribution is 7.90. The Labute approximate surface area is 102 Å². The van der Waals surface area contributed by atoms with Gasteiger partial charge in [0.2, 0.25) is 0 Å². The molecular weight excluding hydrogens is 260 g/mol. The molecule has 0 amide bonds. The second-order valence-electron chi connectivity index (χ2n) is 3.95. The first kappa shape index (κ1) is 12.5. The minimum Gasteiger partial charge on any atom is -0.356 e. The van der Waals surface area contributed by atoms with E-state index in [0.29, 0.717) is 16.7 Å². The zero-order valence-corrected chi connectivity index (χ0v) is 10.3. The Bertz CT molecular complexity index is 704. The molecule has 2 aromatic rings. The van der Waals surface area contributed by atoms with Crippen molar-refractivity contribution in [2.75, 3.05) is 12.0 Å². The maximum atomic E-state index is 11.1. The number of aryl methyl sites for hydroxylation is 1. The summed E-state index contributed by atoms with van der Waals surface area (Å²) in [4.78, 5) is 10.1. The standard InChI is InChI=1S/C10H10N2O5S/c1-18(15,16)5-4-9-8-6-7(12(13)14)2-3-10(8)17-11-9/h2-3,6H,4-5H2,1H3. The number of nitro groups is 1. The van der Waals surface area contributed by atoms with Crippen molar-refractivity contribution < 1.29 is 17.9 Å². The third-order valence-electron chi connectivity index (χ3n) is 2.45. The highest BCUT2D eigenvalue weighted by Crippen LogP contribution is 2.24. The number of hydrogen-bond acceptors (Lipinski definition) is 6. The van der Waals surface area contributed by atoms with Crippen LogP contribution in [0.1, 0.15) is 5.69 Å². The smallest absolute Gasteiger partial charge is 0.270 e. The lowest BCUT2D eigenvalue weighted by molar-refractivity contribution is -0.384. The lowest BCUT2D eigenvalue weighted by Gasteiger charge is -1.95. The van der Waals surface area contributed by atoms with E-state index >= 15 is 0 Å². The van der Waals surface area contributed by atoms with E-state index in [9.17, 15) is 18.5 Å². The van der Waals surface area contributed by atoms with Gasteiger partial charge in [-0.2, -0.15) is 0 Å². The molecule has 0 saturated carbocycles. The number of sulfone groups is 1. The molecule has 0 unspecified atom stereocenters. The van der Waals surface area contributed by atoms with Crippen molar-refractivity contribution in [2.45, 2.75) is 6.42 Å². The molecule has 0 atom stereocenters. The van der Waals surface area contributed by atoms with Crippen LogP contribution in [0.3, 0.4) is 0 Å². The topological polar surface area (TPSA) is 103 Å². The molecule has 7 nitrogen and oxygen atoms in total. The number of fused-ring (bicyclic) bond motifs is 1. The number of nitro benzene ring substituents is 1. The zero-order chi connectivity index (χ0) is 13.3. The van der Waals surface area contributed by atoms with Crippen LogP contribution in [-0.2, 0) is 16.3 Å². The molecule has 1 heterocycles. The predicted octanol–water partition coefficient (Wildman–Crippen LogP) is 1.32. The Kier molecular flexibility index (Phi) is 3.04. The Hall–Kier alpha value is -1.96. The lowest BCUT2D eigenvalue weighted by Crippen LogP contribution is -2.06. The van der Waals surface area contributed by atoms with Crippen LogP contribution < -0.4 is 0 Å². The van der Waals surface area contributed by atoms with Gasteiger partial charge < -0.3 is 4.52 Å². The van der Waals surface area contributed by atoms with Crippen LogP contribution in [0.15, 0.2) is 22.7 Å². The molecule has 0 N–H and O–H groups in total. The number of rotatable bonds is 4. The Balaban J connectivity index is 2.39. The summed E-state index contributed by atoms with van der Waals surface area (Å²) in [5.41, 5.74) is 0.745. The number of benzene rings is 1. The number of hydrogen-bond donors (Lipinski definition) is 0. The fraction of sp³-hybridized carbons (Fsp3) is 0.300. The number of non-ortho nitro benzene ring substituents is 1. The summed E-state index contributed by atoms with van der Waals surface area (Å²) in [5, 5.41) is 14.9. The van der Waals surface area contributed by atoms with Crippen molar-refractivity contribution in [1.82, 2.24) is 5.16 Å². The van der Waals surface area contributed by atoms with E-state index in [1.807, 2.05) is 0 Å². The third-order valence-corrected chi connectivity index (χ3v) is 3.39. The molecule has 96 valence electrons. The highest BCUT2D eigenvalue weighted by atomic mass is 32.2. The van der Waals surface area contributed by atoms with E-state index in [2.05, 4.69) is 5.16 Å². The molecule has 0 fully saturated rings. The van der Waals surface area contributed by atoms with E-state index in [-0.39, 0.29) is 17.9 Å². The van der Waals surface area contributed by atoms with E-state index in [0.717, 1.165) is 6.26 Å². The molecular formula is C10H10N2O5S. The van der Waals surface area contributed by atoms with Gasteiger partial charge in [-0.05, 0) is 6.07 Å². The molecule has 1 aromatic heterocycles. The average Bonchev–Trinajstić information content (AvgIpc) is 2.67. The summed E-state index contributed by atoms with van der Waals surface area (Å²) in [6.45, 7) is 0. The molecule has 0 aliphatic carbocycles. The van der Waals surface area contributed by atoms with E-state index in [4.69, 9.17) is 4.52 Å². The molecule has 0 bridgehead atoms. The third kappa shape index (κ3) is 2.65. The number of nitrogens with zero attached hydrogens (tertiary/aromatic N) is 2. The SMILES string of the molecule is CS(=O)(=O)CCc1noc2ccc([N+](=O)[O-])cc12. The molecule has 0 spiro atoms. The van der Waals surface area contributed by atoms with Gasteiger partial charge in [0.1, 0.15) is 9.84 Å². The van der Waals surface area contributed by atoms with Gasteiger partial charge in [0.05, 0.1) is 21.8 Å². The summed E-state index contributed by atoms with van der Waals surface area (Å²) in [7, 11) is -3.11. The molecule has 0 aliphatic rings. The van der Waals surface area contributed by atoms with E-state index in [1.54, 1.807) is 0 Å². The van der Waals surface area contributed by atoms with Crippen LogP contribution in [0.4, 0.5) is 5.69 Å². The highest BCUT2D eigenvalue weighted by Gasteiger charge is 2.14. The monoisotopic (exact) mass is 270 g/mol. The van der Waals surface area contributed by atoms with Crippen molar-refractivity contribution in [2.24, 2.45) is 0 Å². The van der Waals surface area contributed by atoms with Crippen LogP contribution in [0, 0.1) is 10.1 Å². The van der Waals surface area contributed by atoms with Crippen LogP contribution in [0.5, 0.6) is 0 Å². The van der Waals surface area contributed by atoms with Gasteiger partial charge in [-0.25, -0.2) is 8.42 Å². The van der Waals surface area contributed by atoms with Gasteiger partial charge in [0.25, 0.3) is 5.69 Å². The first-order chi connectivity index (χ1) is 8.37. The molecule has 8 heteroatoms. The first-order valence-corrected chi connectivity index (χ1v) is 7.13. The minimum absolute atomic E-state index is 0.0721. The quantitative estimate of drug-likeness (QED) is 0.613. The molecule has 18 heavy (non-hydrogen) atoms. The summed E-state index contributed by atoms with van der Waals surface area (Å²) in [6, 6.07) is 4.10. The second-order valence-corrected chi connectivity index (χ2v) is 6.21. The zero-order valence-electron chi connectivity index (χ0n) is 9.49. The van der Waals surface area contributed by atoms with Gasteiger partial charge >= 0.3 is 0 Å². The van der Waals surface area contributed by atoms with Gasteiger partial charge in [-0.15, -0.1) is 0 Å². The fourth-order valence-electron chi connectivity index (χ4n) is 1.55. The normalized spacial score (nSPS) is 11.8. The van der Waals surface area contributed by atoms with E-state index < -0.39 is 14.8 Å². The summed E-state index contributed by atoms with van der Waals surface area (Å²) in [6.07, 6.45) is 1.30. The summed E-state index contributed by atoms with van der Waals surface area (Å²) >= 11 is 0. The predicted molar refractivity (Wildman–Crippen MR) is 64.1 cm³/mol. The largest absolute Gasteiger partial charge is 0.356 e. The molecule has 0 saturated heterocycles. The van der Waals surface area contributed by atoms with Crippen LogP contribution in [0.2, 0.25) is 0 Å². The summed E-state index contributed by atoms with van der Waals surface area (Å²) < 4.78 is 27.1. The van der Waals surface area contributed by atoms with Crippen molar-refractivity contribution in [3.8, 4) is 0 Å². The fourth-order valence-corrected chi connectivity index (χ4v) is 2.12. The van der Waals surface area contributed by atoms with Crippen molar-refractivity contribution in [1.29, 1.82) is 0 Å². The van der Waals surface area contributed by atoms with Gasteiger partial charge in [-0.3, -0.25) is 10.1 Å². The molecule has 1 aromatic carbocycles. The number of aromatic nitrogens is 1. The van der Waals surface area contributed by atoms with Gasteiger partial charge in [0, 0.05) is 24.8 Å². The lowest BCUT2D eigenvalue weighted by atomic mass is 10.1. The molecule has 0 aliphatic heterocycles. The maximum Gasteiger partial charge on any atom is 0.270 e. The van der Waals surface area contributed by atoms with Crippen LogP contribution in [0.25, 0.3) is 11.0 Å². The van der Waals surface area contributed by atoms with Gasteiger partial charge in [0.15, 0.2) is 5.58 Å². The average molecular weight is 270 g/mol. The summed E-state index contributed by atoms with van der Waals surface area (Å²) in [5.74, 6) is -0.0721. The van der Waals surface area contributed by atoms with Crippen molar-refractivity contribution in [3.05, 3.63) is 34.0 Å². The first-order valence-electron chi connectivity index (χ1n) is 5.07. The van der Waals surface area contributed by atoms with E-state index in [1.165, 1.54) is 18.2 Å². The van der Waals surface area contributed by atoms with Crippen LogP contribution >= 0.6 is 0 Å². The Morgan fingerprint density at radius 2 is 2.17 bits per heavy atom. The Morgan fingerprint density at radius 3 is 2.78 bits per heavy atom.